The predicted octanol–water partition coefficient (Wildman–Crippen LogP) is 3.27. The van der Waals surface area contributed by atoms with Crippen LogP contribution in [0.15, 0.2) is 18.2 Å². The average molecular weight is 377 g/mol. The number of benzene rings is 1. The fourth-order valence-electron chi connectivity index (χ4n) is 2.81. The molecule has 134 valence electrons. The van der Waals surface area contributed by atoms with Crippen LogP contribution in [0.1, 0.15) is 25.7 Å². The SMILES string of the molecule is Cl.O=C(COc1ccc(F)cc1Cl)N1CCC(NCC2CC2)CC1. The normalized spacial score (nSPS) is 18.2. The molecule has 1 aliphatic heterocycles. The quantitative estimate of drug-likeness (QED) is 0.828. The Labute approximate surface area is 153 Å². The molecule has 2 aliphatic rings. The Balaban J connectivity index is 0.00000208. The van der Waals surface area contributed by atoms with Crippen LogP contribution in [0.2, 0.25) is 5.02 Å². The molecule has 3 rings (SSSR count). The van der Waals surface area contributed by atoms with Crippen LogP contribution in [0, 0.1) is 11.7 Å². The van der Waals surface area contributed by atoms with E-state index >= 15 is 0 Å². The maximum Gasteiger partial charge on any atom is 0.260 e. The van der Waals surface area contributed by atoms with Gasteiger partial charge in [0.25, 0.3) is 5.91 Å². The Kier molecular flexibility index (Phi) is 7.14. The molecular weight excluding hydrogens is 354 g/mol. The van der Waals surface area contributed by atoms with Gasteiger partial charge in [0.1, 0.15) is 11.6 Å². The van der Waals surface area contributed by atoms with Gasteiger partial charge >= 0.3 is 0 Å². The van der Waals surface area contributed by atoms with Crippen molar-refractivity contribution in [2.75, 3.05) is 26.2 Å². The Morgan fingerprint density at radius 2 is 2.00 bits per heavy atom. The zero-order chi connectivity index (χ0) is 16.2. The third-order valence-corrected chi connectivity index (χ3v) is 4.78. The van der Waals surface area contributed by atoms with E-state index in [0.717, 1.165) is 38.4 Å². The zero-order valence-electron chi connectivity index (χ0n) is 13.5. The first-order valence-electron chi connectivity index (χ1n) is 8.21. The van der Waals surface area contributed by atoms with Crippen molar-refractivity contribution in [3.63, 3.8) is 0 Å². The summed E-state index contributed by atoms with van der Waals surface area (Å²) in [4.78, 5) is 14.0. The topological polar surface area (TPSA) is 41.6 Å². The molecule has 1 heterocycles. The van der Waals surface area contributed by atoms with Gasteiger partial charge in [-0.1, -0.05) is 11.6 Å². The van der Waals surface area contributed by atoms with E-state index < -0.39 is 5.82 Å². The number of halogens is 3. The molecule has 0 radical (unpaired) electrons. The molecule has 0 unspecified atom stereocenters. The van der Waals surface area contributed by atoms with Crippen LogP contribution >= 0.6 is 24.0 Å². The first-order chi connectivity index (χ1) is 11.1. The van der Waals surface area contributed by atoms with Crippen LogP contribution in [-0.4, -0.2) is 43.1 Å². The molecule has 1 saturated heterocycles. The first kappa shape index (κ1) is 19.3. The fraction of sp³-hybridized carbons (Fsp3) is 0.588. The Morgan fingerprint density at radius 1 is 1.29 bits per heavy atom. The van der Waals surface area contributed by atoms with Crippen molar-refractivity contribution in [2.45, 2.75) is 31.7 Å². The van der Waals surface area contributed by atoms with E-state index in [1.165, 1.54) is 31.0 Å². The predicted molar refractivity (Wildman–Crippen MR) is 94.5 cm³/mol. The van der Waals surface area contributed by atoms with Crippen LogP contribution < -0.4 is 10.1 Å². The molecular formula is C17H23Cl2FN2O2. The van der Waals surface area contributed by atoms with E-state index in [4.69, 9.17) is 16.3 Å². The van der Waals surface area contributed by atoms with E-state index in [9.17, 15) is 9.18 Å². The second kappa shape index (κ2) is 8.88. The second-order valence-corrected chi connectivity index (χ2v) is 6.78. The lowest BCUT2D eigenvalue weighted by Crippen LogP contribution is -2.46. The molecule has 1 amide bonds. The number of rotatable bonds is 6. The van der Waals surface area contributed by atoms with Gasteiger partial charge in [0.2, 0.25) is 0 Å². The van der Waals surface area contributed by atoms with Crippen LogP contribution in [0.3, 0.4) is 0 Å². The van der Waals surface area contributed by atoms with E-state index in [1.54, 1.807) is 0 Å². The van der Waals surface area contributed by atoms with Gasteiger partial charge in [-0.3, -0.25) is 4.79 Å². The van der Waals surface area contributed by atoms with Crippen molar-refractivity contribution in [2.24, 2.45) is 5.92 Å². The first-order valence-corrected chi connectivity index (χ1v) is 8.58. The molecule has 0 atom stereocenters. The lowest BCUT2D eigenvalue weighted by molar-refractivity contribution is -0.134. The highest BCUT2D eigenvalue weighted by Crippen LogP contribution is 2.28. The van der Waals surface area contributed by atoms with Crippen LogP contribution in [-0.2, 0) is 4.79 Å². The van der Waals surface area contributed by atoms with E-state index in [2.05, 4.69) is 5.32 Å². The van der Waals surface area contributed by atoms with Crippen molar-refractivity contribution in [1.29, 1.82) is 0 Å². The minimum atomic E-state index is -0.422. The number of likely N-dealkylation sites (tertiary alicyclic amines) is 1. The molecule has 1 saturated carbocycles. The fourth-order valence-corrected chi connectivity index (χ4v) is 3.03. The van der Waals surface area contributed by atoms with E-state index in [1.807, 2.05) is 4.90 Å². The molecule has 0 spiro atoms. The average Bonchev–Trinajstić information content (AvgIpc) is 3.37. The standard InChI is InChI=1S/C17H22ClFN2O2.ClH/c18-15-9-13(19)3-4-16(15)23-11-17(22)21-7-5-14(6-8-21)20-10-12-1-2-12;/h3-4,9,12,14,20H,1-2,5-8,10-11H2;1H. The van der Waals surface area contributed by atoms with Crippen LogP contribution in [0.25, 0.3) is 0 Å². The largest absolute Gasteiger partial charge is 0.482 e. The van der Waals surface area contributed by atoms with Gasteiger partial charge in [-0.15, -0.1) is 12.4 Å². The van der Waals surface area contributed by atoms with Crippen molar-refractivity contribution in [3.05, 3.63) is 29.0 Å². The van der Waals surface area contributed by atoms with Crippen molar-refractivity contribution < 1.29 is 13.9 Å². The Bertz CT molecular complexity index is 562. The van der Waals surface area contributed by atoms with Gasteiger partial charge < -0.3 is 15.0 Å². The van der Waals surface area contributed by atoms with E-state index in [-0.39, 0.29) is 29.9 Å². The highest BCUT2D eigenvalue weighted by molar-refractivity contribution is 6.32. The van der Waals surface area contributed by atoms with Gasteiger partial charge in [-0.2, -0.15) is 0 Å². The summed E-state index contributed by atoms with van der Waals surface area (Å²) < 4.78 is 18.4. The van der Waals surface area contributed by atoms with Gasteiger partial charge in [-0.05, 0) is 56.3 Å². The third-order valence-electron chi connectivity index (χ3n) is 4.48. The van der Waals surface area contributed by atoms with Crippen LogP contribution in [0.4, 0.5) is 4.39 Å². The summed E-state index contributed by atoms with van der Waals surface area (Å²) in [5.74, 6) is 0.742. The number of nitrogens with one attached hydrogen (secondary N) is 1. The zero-order valence-corrected chi connectivity index (χ0v) is 15.0. The van der Waals surface area contributed by atoms with Gasteiger partial charge in [0, 0.05) is 19.1 Å². The van der Waals surface area contributed by atoms with E-state index in [0.29, 0.717) is 11.8 Å². The van der Waals surface area contributed by atoms with Crippen molar-refractivity contribution in [1.82, 2.24) is 10.2 Å². The highest BCUT2D eigenvalue weighted by atomic mass is 35.5. The molecule has 7 heteroatoms. The number of piperidine rings is 1. The maximum absolute atomic E-state index is 13.0. The van der Waals surface area contributed by atoms with Crippen molar-refractivity contribution >= 4 is 29.9 Å². The summed E-state index contributed by atoms with van der Waals surface area (Å²) in [7, 11) is 0. The summed E-state index contributed by atoms with van der Waals surface area (Å²) in [5, 5.41) is 3.77. The minimum absolute atomic E-state index is 0. The number of carbonyl (C=O) groups is 1. The second-order valence-electron chi connectivity index (χ2n) is 6.37. The number of nitrogens with zero attached hydrogens (tertiary/aromatic N) is 1. The third kappa shape index (κ3) is 5.50. The number of carbonyl (C=O) groups excluding carboxylic acids is 1. The summed E-state index contributed by atoms with van der Waals surface area (Å²) >= 11 is 5.89. The monoisotopic (exact) mass is 376 g/mol. The molecule has 24 heavy (non-hydrogen) atoms. The molecule has 1 N–H and O–H groups in total. The Morgan fingerprint density at radius 3 is 2.62 bits per heavy atom. The number of hydrogen-bond donors (Lipinski definition) is 1. The molecule has 2 fully saturated rings. The number of ether oxygens (including phenoxy) is 1. The number of hydrogen-bond acceptors (Lipinski definition) is 3. The summed E-state index contributed by atoms with van der Waals surface area (Å²) in [5.41, 5.74) is 0. The van der Waals surface area contributed by atoms with Crippen molar-refractivity contribution in [3.8, 4) is 5.75 Å². The van der Waals surface area contributed by atoms with Gasteiger partial charge in [0.15, 0.2) is 6.61 Å². The van der Waals surface area contributed by atoms with Crippen LogP contribution in [0.5, 0.6) is 5.75 Å². The summed E-state index contributed by atoms with van der Waals surface area (Å²) in [6.45, 7) is 2.56. The smallest absolute Gasteiger partial charge is 0.260 e. The number of amides is 1. The molecule has 1 aliphatic carbocycles. The Hall–Kier alpha value is -1.04. The molecule has 0 bridgehead atoms. The lowest BCUT2D eigenvalue weighted by atomic mass is 10.0. The molecule has 0 aromatic heterocycles. The lowest BCUT2D eigenvalue weighted by Gasteiger charge is -2.32. The highest BCUT2D eigenvalue weighted by Gasteiger charge is 2.26. The maximum atomic E-state index is 13.0. The molecule has 4 nitrogen and oxygen atoms in total. The molecule has 1 aromatic carbocycles. The summed E-state index contributed by atoms with van der Waals surface area (Å²) in [6.07, 6.45) is 4.67. The molecule has 1 aromatic rings. The summed E-state index contributed by atoms with van der Waals surface area (Å²) in [6, 6.07) is 4.41. The van der Waals surface area contributed by atoms with Gasteiger partial charge in [-0.25, -0.2) is 4.39 Å². The minimum Gasteiger partial charge on any atom is -0.482 e. The van der Waals surface area contributed by atoms with Gasteiger partial charge in [0.05, 0.1) is 5.02 Å².